The molecule has 1 saturated carbocycles. The summed E-state index contributed by atoms with van der Waals surface area (Å²) in [4.78, 5) is 12.2. The molecule has 2 rings (SSSR count). The van der Waals surface area contributed by atoms with Crippen LogP contribution in [-0.2, 0) is 10.0 Å². The van der Waals surface area contributed by atoms with Gasteiger partial charge in [-0.3, -0.25) is 9.52 Å². The number of amides is 1. The van der Waals surface area contributed by atoms with E-state index in [4.69, 9.17) is 5.73 Å². The predicted molar refractivity (Wildman–Crippen MR) is 87.2 cm³/mol. The van der Waals surface area contributed by atoms with Crippen LogP contribution in [0.2, 0.25) is 0 Å². The number of hydrogen-bond donors (Lipinski definition) is 3. The van der Waals surface area contributed by atoms with Crippen molar-refractivity contribution in [3.63, 3.8) is 0 Å². The Labute approximate surface area is 131 Å². The van der Waals surface area contributed by atoms with Gasteiger partial charge in [-0.15, -0.1) is 0 Å². The van der Waals surface area contributed by atoms with E-state index in [1.165, 1.54) is 0 Å². The van der Waals surface area contributed by atoms with E-state index in [0.717, 1.165) is 12.8 Å². The normalized spacial score (nSPS) is 16.1. The van der Waals surface area contributed by atoms with Crippen molar-refractivity contribution in [3.05, 3.63) is 29.8 Å². The highest BCUT2D eigenvalue weighted by Crippen LogP contribution is 2.32. The van der Waals surface area contributed by atoms with E-state index >= 15 is 0 Å². The molecule has 0 aliphatic heterocycles. The fourth-order valence-electron chi connectivity index (χ4n) is 2.34. The van der Waals surface area contributed by atoms with E-state index in [1.54, 1.807) is 31.2 Å². The van der Waals surface area contributed by atoms with Crippen LogP contribution in [0.3, 0.4) is 0 Å². The largest absolute Gasteiger partial charge is 0.348 e. The monoisotopic (exact) mass is 325 g/mol. The first-order valence-electron chi connectivity index (χ1n) is 7.56. The van der Waals surface area contributed by atoms with Gasteiger partial charge in [-0.2, -0.15) is 0 Å². The van der Waals surface area contributed by atoms with E-state index in [-0.39, 0.29) is 17.7 Å². The minimum absolute atomic E-state index is 0.00654. The van der Waals surface area contributed by atoms with Crippen LogP contribution in [0, 0.1) is 5.92 Å². The Balaban J connectivity index is 2.05. The van der Waals surface area contributed by atoms with Gasteiger partial charge in [0, 0.05) is 23.8 Å². The Morgan fingerprint density at radius 3 is 2.73 bits per heavy atom. The van der Waals surface area contributed by atoms with E-state index in [2.05, 4.69) is 10.0 Å². The summed E-state index contributed by atoms with van der Waals surface area (Å²) in [5.74, 6) is 0.305. The third kappa shape index (κ3) is 4.71. The summed E-state index contributed by atoms with van der Waals surface area (Å²) in [6.07, 6.45) is 2.73. The average Bonchev–Trinajstić information content (AvgIpc) is 3.28. The number of sulfonamides is 1. The van der Waals surface area contributed by atoms with E-state index < -0.39 is 10.0 Å². The molecule has 0 saturated heterocycles. The van der Waals surface area contributed by atoms with Crippen molar-refractivity contribution in [3.8, 4) is 0 Å². The number of carbonyl (C=O) groups excluding carboxylic acids is 1. The number of carbonyl (C=O) groups is 1. The van der Waals surface area contributed by atoms with Crippen LogP contribution in [0.1, 0.15) is 36.5 Å². The molecule has 1 amide bonds. The smallest absolute Gasteiger partial charge is 0.251 e. The van der Waals surface area contributed by atoms with Gasteiger partial charge in [0.2, 0.25) is 10.0 Å². The zero-order valence-electron chi connectivity index (χ0n) is 12.7. The SMILES string of the molecule is CCCS(=O)(=O)Nc1cccc(C(=O)NC(CN)C2CC2)c1. The van der Waals surface area contributed by atoms with Gasteiger partial charge in [-0.05, 0) is 43.4 Å². The van der Waals surface area contributed by atoms with Gasteiger partial charge in [-0.25, -0.2) is 8.42 Å². The van der Waals surface area contributed by atoms with Gasteiger partial charge in [-0.1, -0.05) is 13.0 Å². The Hall–Kier alpha value is -1.60. The lowest BCUT2D eigenvalue weighted by Crippen LogP contribution is -2.41. The van der Waals surface area contributed by atoms with Gasteiger partial charge in [0.25, 0.3) is 5.91 Å². The Kier molecular flexibility index (Phi) is 5.42. The van der Waals surface area contributed by atoms with Crippen molar-refractivity contribution in [1.82, 2.24) is 5.32 Å². The molecule has 0 heterocycles. The van der Waals surface area contributed by atoms with Crippen LogP contribution in [-0.4, -0.2) is 32.7 Å². The van der Waals surface area contributed by atoms with Crippen molar-refractivity contribution in [2.24, 2.45) is 11.7 Å². The molecule has 1 aromatic carbocycles. The summed E-state index contributed by atoms with van der Waals surface area (Å²) < 4.78 is 26.0. The molecule has 1 unspecified atom stereocenters. The Morgan fingerprint density at radius 2 is 2.14 bits per heavy atom. The van der Waals surface area contributed by atoms with Crippen LogP contribution in [0.4, 0.5) is 5.69 Å². The molecule has 1 aliphatic carbocycles. The molecule has 22 heavy (non-hydrogen) atoms. The van der Waals surface area contributed by atoms with Crippen LogP contribution < -0.4 is 15.8 Å². The summed E-state index contributed by atoms with van der Waals surface area (Å²) >= 11 is 0. The summed E-state index contributed by atoms with van der Waals surface area (Å²) in [7, 11) is -3.36. The van der Waals surface area contributed by atoms with Crippen molar-refractivity contribution in [1.29, 1.82) is 0 Å². The maximum atomic E-state index is 12.2. The fraction of sp³-hybridized carbons (Fsp3) is 0.533. The minimum atomic E-state index is -3.36. The van der Waals surface area contributed by atoms with Crippen molar-refractivity contribution in [2.45, 2.75) is 32.2 Å². The lowest BCUT2D eigenvalue weighted by atomic mass is 10.1. The zero-order chi connectivity index (χ0) is 16.2. The van der Waals surface area contributed by atoms with Crippen molar-refractivity contribution >= 4 is 21.6 Å². The maximum Gasteiger partial charge on any atom is 0.251 e. The van der Waals surface area contributed by atoms with Crippen LogP contribution in [0.25, 0.3) is 0 Å². The van der Waals surface area contributed by atoms with E-state index in [9.17, 15) is 13.2 Å². The molecule has 4 N–H and O–H groups in total. The van der Waals surface area contributed by atoms with Gasteiger partial charge in [0.1, 0.15) is 0 Å². The Morgan fingerprint density at radius 1 is 1.41 bits per heavy atom. The first-order chi connectivity index (χ1) is 10.4. The highest BCUT2D eigenvalue weighted by atomic mass is 32.2. The number of rotatable bonds is 8. The van der Waals surface area contributed by atoms with Gasteiger partial charge < -0.3 is 11.1 Å². The van der Waals surface area contributed by atoms with E-state index in [0.29, 0.717) is 30.1 Å². The number of nitrogens with two attached hydrogens (primary N) is 1. The van der Waals surface area contributed by atoms with Gasteiger partial charge in [0.15, 0.2) is 0 Å². The summed E-state index contributed by atoms with van der Waals surface area (Å²) in [6.45, 7) is 2.22. The Bertz CT molecular complexity index is 627. The number of nitrogens with one attached hydrogen (secondary N) is 2. The number of benzene rings is 1. The quantitative estimate of drug-likeness (QED) is 0.670. The topological polar surface area (TPSA) is 101 Å². The molecule has 0 aromatic heterocycles. The number of anilines is 1. The fourth-order valence-corrected chi connectivity index (χ4v) is 3.47. The molecule has 0 bridgehead atoms. The highest BCUT2D eigenvalue weighted by Gasteiger charge is 2.31. The molecule has 0 radical (unpaired) electrons. The molecule has 1 aromatic rings. The van der Waals surface area contributed by atoms with Crippen molar-refractivity contribution in [2.75, 3.05) is 17.0 Å². The van der Waals surface area contributed by atoms with Gasteiger partial charge >= 0.3 is 0 Å². The van der Waals surface area contributed by atoms with E-state index in [1.807, 2.05) is 0 Å². The summed E-state index contributed by atoms with van der Waals surface area (Å²) in [5, 5.41) is 2.92. The molecular formula is C15H23N3O3S. The zero-order valence-corrected chi connectivity index (χ0v) is 13.5. The third-order valence-corrected chi connectivity index (χ3v) is 5.12. The standard InChI is InChI=1S/C15H23N3O3S/c1-2-8-22(20,21)18-13-5-3-4-12(9-13)15(19)17-14(10-16)11-6-7-11/h3-5,9,11,14,18H,2,6-8,10,16H2,1H3,(H,17,19). The van der Waals surface area contributed by atoms with Crippen LogP contribution in [0.5, 0.6) is 0 Å². The predicted octanol–water partition coefficient (Wildman–Crippen LogP) is 1.31. The summed E-state index contributed by atoms with van der Waals surface area (Å²) in [6, 6.07) is 6.49. The average molecular weight is 325 g/mol. The molecule has 7 heteroatoms. The molecule has 1 aliphatic rings. The maximum absolute atomic E-state index is 12.2. The van der Waals surface area contributed by atoms with Crippen molar-refractivity contribution < 1.29 is 13.2 Å². The highest BCUT2D eigenvalue weighted by molar-refractivity contribution is 7.92. The molecule has 6 nitrogen and oxygen atoms in total. The first-order valence-corrected chi connectivity index (χ1v) is 9.22. The summed E-state index contributed by atoms with van der Waals surface area (Å²) in [5.41, 5.74) is 6.51. The van der Waals surface area contributed by atoms with Gasteiger partial charge in [0.05, 0.1) is 5.75 Å². The molecule has 1 fully saturated rings. The number of hydrogen-bond acceptors (Lipinski definition) is 4. The van der Waals surface area contributed by atoms with Crippen LogP contribution in [0.15, 0.2) is 24.3 Å². The molecular weight excluding hydrogens is 302 g/mol. The first kappa shape index (κ1) is 16.8. The second-order valence-corrected chi connectivity index (χ2v) is 7.50. The minimum Gasteiger partial charge on any atom is -0.348 e. The van der Waals surface area contributed by atoms with Crippen LogP contribution >= 0.6 is 0 Å². The molecule has 1 atom stereocenters. The lowest BCUT2D eigenvalue weighted by Gasteiger charge is -2.16. The lowest BCUT2D eigenvalue weighted by molar-refractivity contribution is 0.0933. The third-order valence-electron chi connectivity index (χ3n) is 3.63. The molecule has 0 spiro atoms. The second kappa shape index (κ2) is 7.11. The molecule has 122 valence electrons. The second-order valence-electron chi connectivity index (χ2n) is 5.65.